The number of carbonyl (C=O) groups excluding carboxylic acids is 2. The fourth-order valence-corrected chi connectivity index (χ4v) is 5.49. The van der Waals surface area contributed by atoms with E-state index in [1.165, 1.54) is 6.92 Å². The number of rotatable bonds is 7. The van der Waals surface area contributed by atoms with Crippen molar-refractivity contribution in [1.29, 1.82) is 0 Å². The third-order valence-electron chi connectivity index (χ3n) is 7.04. The van der Waals surface area contributed by atoms with E-state index in [9.17, 15) is 27.2 Å². The Kier molecular flexibility index (Phi) is 7.03. The van der Waals surface area contributed by atoms with Crippen molar-refractivity contribution in [2.75, 3.05) is 5.32 Å². The predicted octanol–water partition coefficient (Wildman–Crippen LogP) is 8.57. The van der Waals surface area contributed by atoms with Crippen molar-refractivity contribution in [3.63, 3.8) is 0 Å². The second kappa shape index (κ2) is 10.3. The zero-order valence-electron chi connectivity index (χ0n) is 21.0. The average molecular weight is 554 g/mol. The van der Waals surface area contributed by atoms with Gasteiger partial charge in [0.25, 0.3) is 0 Å². The first-order chi connectivity index (χ1) is 18.6. The molecular formula is C30H23F4NO3S. The summed E-state index contributed by atoms with van der Waals surface area (Å²) < 4.78 is 60.1. The fourth-order valence-electron chi connectivity index (χ4n) is 4.65. The maximum atomic E-state index is 14.2. The van der Waals surface area contributed by atoms with Crippen LogP contribution >= 0.6 is 11.3 Å². The first-order valence-corrected chi connectivity index (χ1v) is 13.0. The second-order valence-corrected chi connectivity index (χ2v) is 10.5. The molecule has 1 N–H and O–H groups in total. The molecule has 1 heterocycles. The summed E-state index contributed by atoms with van der Waals surface area (Å²) in [5, 5.41) is 1.91. The summed E-state index contributed by atoms with van der Waals surface area (Å²) in [6.07, 6.45) is -0.499. The van der Waals surface area contributed by atoms with Crippen LogP contribution in [0.1, 0.15) is 43.9 Å². The lowest BCUT2D eigenvalue weighted by molar-refractivity contribution is -0.119. The molecule has 1 aromatic heterocycles. The van der Waals surface area contributed by atoms with Gasteiger partial charge in [-0.1, -0.05) is 48.5 Å². The maximum absolute atomic E-state index is 14.2. The molecule has 4 nitrogen and oxygen atoms in total. The van der Waals surface area contributed by atoms with Gasteiger partial charge in [-0.25, -0.2) is 18.0 Å². The lowest BCUT2D eigenvalue weighted by Gasteiger charge is -2.15. The number of hydrogen-bond acceptors (Lipinski definition) is 4. The number of benzene rings is 3. The van der Waals surface area contributed by atoms with Gasteiger partial charge in [-0.15, -0.1) is 11.3 Å². The highest BCUT2D eigenvalue weighted by Crippen LogP contribution is 2.49. The van der Waals surface area contributed by atoms with Crippen molar-refractivity contribution in [1.82, 2.24) is 0 Å². The van der Waals surface area contributed by atoms with E-state index in [4.69, 9.17) is 4.74 Å². The van der Waals surface area contributed by atoms with Crippen LogP contribution in [0.5, 0.6) is 0 Å². The number of amides is 1. The standard InChI is InChI=1S/C30H23F4NO3S/c1-16(22-13-24(32)25(33)14-23(22)31)38-29(37)35-26-15-27(34)39-28(26)20-5-3-18(4-6-20)19-7-9-21(10-8-19)30(11-12-30)17(2)36/h3-10,13-16H,11-12H2,1-2H3,(H,35,37). The zero-order chi connectivity index (χ0) is 27.9. The molecule has 0 bridgehead atoms. The van der Waals surface area contributed by atoms with Crippen LogP contribution in [0.4, 0.5) is 28.0 Å². The summed E-state index contributed by atoms with van der Waals surface area (Å²) in [7, 11) is 0. The molecule has 1 unspecified atom stereocenters. The van der Waals surface area contributed by atoms with E-state index in [0.717, 1.165) is 46.9 Å². The Hall–Kier alpha value is -3.98. The number of halogens is 4. The van der Waals surface area contributed by atoms with Crippen LogP contribution in [0, 0.1) is 22.6 Å². The van der Waals surface area contributed by atoms with Gasteiger partial charge < -0.3 is 4.74 Å². The Morgan fingerprint density at radius 3 is 2.00 bits per heavy atom. The van der Waals surface area contributed by atoms with Crippen LogP contribution in [0.15, 0.2) is 66.7 Å². The van der Waals surface area contributed by atoms with E-state index in [1.807, 2.05) is 36.4 Å². The monoisotopic (exact) mass is 553 g/mol. The fraction of sp³-hybridized carbons (Fsp3) is 0.200. The van der Waals surface area contributed by atoms with Crippen molar-refractivity contribution >= 4 is 28.9 Å². The van der Waals surface area contributed by atoms with Gasteiger partial charge in [-0.3, -0.25) is 10.1 Å². The lowest BCUT2D eigenvalue weighted by Crippen LogP contribution is -2.17. The molecule has 1 fully saturated rings. The molecular weight excluding hydrogens is 530 g/mol. The normalized spacial score (nSPS) is 14.5. The molecule has 39 heavy (non-hydrogen) atoms. The van der Waals surface area contributed by atoms with Crippen LogP contribution in [0.3, 0.4) is 0 Å². The minimum Gasteiger partial charge on any atom is -0.441 e. The van der Waals surface area contributed by atoms with Gasteiger partial charge in [0.1, 0.15) is 17.7 Å². The van der Waals surface area contributed by atoms with Gasteiger partial charge in [0.2, 0.25) is 0 Å². The second-order valence-electron chi connectivity index (χ2n) is 9.55. The Balaban J connectivity index is 1.30. The van der Waals surface area contributed by atoms with E-state index >= 15 is 0 Å². The number of carbonyl (C=O) groups is 2. The Bertz CT molecular complexity index is 1560. The molecule has 200 valence electrons. The summed E-state index contributed by atoms with van der Waals surface area (Å²) in [4.78, 5) is 24.9. The van der Waals surface area contributed by atoms with Gasteiger partial charge in [0, 0.05) is 17.7 Å². The van der Waals surface area contributed by atoms with Crippen LogP contribution in [0.2, 0.25) is 0 Å². The number of Topliss-reactive ketones (excluding diaryl/α,β-unsaturated/α-hetero) is 1. The molecule has 0 aliphatic heterocycles. The van der Waals surface area contributed by atoms with Crippen molar-refractivity contribution in [3.05, 3.63) is 100 Å². The molecule has 5 rings (SSSR count). The summed E-state index contributed by atoms with van der Waals surface area (Å²) in [5.74, 6) is -3.50. The lowest BCUT2D eigenvalue weighted by atomic mass is 9.90. The molecule has 1 aliphatic carbocycles. The average Bonchev–Trinajstić information content (AvgIpc) is 3.64. The number of ketones is 1. The number of thiophene rings is 1. The number of ether oxygens (including phenoxy) is 1. The largest absolute Gasteiger partial charge is 0.441 e. The minimum atomic E-state index is -1.35. The predicted molar refractivity (Wildman–Crippen MR) is 142 cm³/mol. The first-order valence-electron chi connectivity index (χ1n) is 12.2. The van der Waals surface area contributed by atoms with Gasteiger partial charge in [0.15, 0.2) is 16.8 Å². The Labute approximate surface area is 226 Å². The number of anilines is 1. The van der Waals surface area contributed by atoms with E-state index in [2.05, 4.69) is 5.32 Å². The maximum Gasteiger partial charge on any atom is 0.412 e. The minimum absolute atomic E-state index is 0.150. The van der Waals surface area contributed by atoms with E-state index in [-0.39, 0.29) is 22.4 Å². The summed E-state index contributed by atoms with van der Waals surface area (Å²) in [6, 6.07) is 17.4. The molecule has 1 amide bonds. The van der Waals surface area contributed by atoms with Crippen LogP contribution in [-0.2, 0) is 14.9 Å². The molecule has 0 spiro atoms. The first kappa shape index (κ1) is 26.6. The SMILES string of the molecule is CC(=O)C1(c2ccc(-c3ccc(-c4sc(F)cc4NC(=O)OC(C)c4cc(F)c(F)cc4F)cc3)cc2)CC1. The van der Waals surface area contributed by atoms with E-state index in [1.54, 1.807) is 19.1 Å². The van der Waals surface area contributed by atoms with Gasteiger partial charge in [-0.2, -0.15) is 4.39 Å². The molecule has 0 radical (unpaired) electrons. The summed E-state index contributed by atoms with van der Waals surface area (Å²) in [5.41, 5.74) is 3.03. The highest BCUT2D eigenvalue weighted by atomic mass is 32.1. The highest BCUT2D eigenvalue weighted by Gasteiger charge is 2.48. The van der Waals surface area contributed by atoms with Crippen molar-refractivity contribution < 1.29 is 31.9 Å². The molecule has 0 saturated heterocycles. The molecule has 1 atom stereocenters. The van der Waals surface area contributed by atoms with E-state index < -0.39 is 34.8 Å². The van der Waals surface area contributed by atoms with Gasteiger partial charge in [0.05, 0.1) is 16.0 Å². The van der Waals surface area contributed by atoms with Crippen molar-refractivity contribution in [2.45, 2.75) is 38.2 Å². The highest BCUT2D eigenvalue weighted by molar-refractivity contribution is 7.14. The molecule has 4 aromatic rings. The van der Waals surface area contributed by atoms with Crippen LogP contribution in [0.25, 0.3) is 21.6 Å². The number of nitrogens with one attached hydrogen (secondary N) is 1. The molecule has 3 aromatic carbocycles. The van der Waals surface area contributed by atoms with Gasteiger partial charge >= 0.3 is 6.09 Å². The molecule has 1 saturated carbocycles. The molecule has 1 aliphatic rings. The van der Waals surface area contributed by atoms with Crippen LogP contribution in [-0.4, -0.2) is 11.9 Å². The smallest absolute Gasteiger partial charge is 0.412 e. The van der Waals surface area contributed by atoms with E-state index in [0.29, 0.717) is 22.6 Å². The third kappa shape index (κ3) is 5.31. The van der Waals surface area contributed by atoms with Crippen LogP contribution < -0.4 is 5.32 Å². The summed E-state index contributed by atoms with van der Waals surface area (Å²) in [6.45, 7) is 2.93. The van der Waals surface area contributed by atoms with Crippen molar-refractivity contribution in [3.8, 4) is 21.6 Å². The third-order valence-corrected chi connectivity index (χ3v) is 8.01. The zero-order valence-corrected chi connectivity index (χ0v) is 21.8. The quantitative estimate of drug-likeness (QED) is 0.184. The topological polar surface area (TPSA) is 55.4 Å². The summed E-state index contributed by atoms with van der Waals surface area (Å²) >= 11 is 0.827. The Morgan fingerprint density at radius 1 is 0.846 bits per heavy atom. The van der Waals surface area contributed by atoms with Gasteiger partial charge in [-0.05, 0) is 55.0 Å². The Morgan fingerprint density at radius 2 is 1.41 bits per heavy atom. The van der Waals surface area contributed by atoms with Crippen molar-refractivity contribution in [2.24, 2.45) is 0 Å². The molecule has 9 heteroatoms. The number of hydrogen-bond donors (Lipinski definition) is 1.